The second-order valence-electron chi connectivity index (χ2n) is 12.4. The number of nitrogens with zero attached hydrogens (tertiary/aromatic N) is 4. The highest BCUT2D eigenvalue weighted by molar-refractivity contribution is 5.84. The number of para-hydroxylation sites is 2. The fourth-order valence-electron chi connectivity index (χ4n) is 6.49. The first-order valence-corrected chi connectivity index (χ1v) is 17.1. The normalized spacial score (nSPS) is 11.3. The smallest absolute Gasteiger partial charge is 0.311 e. The monoisotopic (exact) mass is 696 g/mol. The Hall–Kier alpha value is -6.86. The topological polar surface area (TPSA) is 41.9 Å². The van der Waals surface area contributed by atoms with Crippen molar-refractivity contribution in [1.82, 2.24) is 15.0 Å². The lowest BCUT2D eigenvalue weighted by molar-refractivity contribution is -0.136. The van der Waals surface area contributed by atoms with Crippen LogP contribution in [0.1, 0.15) is 5.56 Å². The van der Waals surface area contributed by atoms with Crippen LogP contribution in [0.25, 0.3) is 56.2 Å². The molecule has 0 atom stereocenters. The van der Waals surface area contributed by atoms with Crippen LogP contribution in [0.3, 0.4) is 0 Å². The lowest BCUT2D eigenvalue weighted by atomic mass is 9.92. The third-order valence-corrected chi connectivity index (χ3v) is 9.03. The van der Waals surface area contributed by atoms with Gasteiger partial charge in [0.2, 0.25) is 0 Å². The molecule has 4 nitrogen and oxygen atoms in total. The van der Waals surface area contributed by atoms with E-state index in [1.165, 1.54) is 0 Å². The van der Waals surface area contributed by atoms with Crippen molar-refractivity contribution in [3.05, 3.63) is 194 Å². The third kappa shape index (κ3) is 7.05. The highest BCUT2D eigenvalue weighted by Crippen LogP contribution is 2.45. The van der Waals surface area contributed by atoms with Gasteiger partial charge >= 0.3 is 6.18 Å². The zero-order valence-corrected chi connectivity index (χ0v) is 28.3. The fourth-order valence-corrected chi connectivity index (χ4v) is 6.49. The maximum atomic E-state index is 15.4. The molecule has 0 saturated heterocycles. The molecule has 0 bridgehead atoms. The molecule has 7 heteroatoms. The van der Waals surface area contributed by atoms with Gasteiger partial charge in [0.1, 0.15) is 0 Å². The van der Waals surface area contributed by atoms with Crippen molar-refractivity contribution in [2.75, 3.05) is 4.90 Å². The molecule has 0 aliphatic rings. The van der Waals surface area contributed by atoms with E-state index in [-0.39, 0.29) is 11.3 Å². The summed E-state index contributed by atoms with van der Waals surface area (Å²) in [6.45, 7) is 0. The zero-order chi connectivity index (χ0) is 36.2. The summed E-state index contributed by atoms with van der Waals surface area (Å²) in [7, 11) is 0. The van der Waals surface area contributed by atoms with Gasteiger partial charge in [-0.1, -0.05) is 109 Å². The van der Waals surface area contributed by atoms with E-state index in [0.29, 0.717) is 22.4 Å². The SMILES string of the molecule is FC(F)(F)c1c(-c2ccc(N(c3ccccc3)c3ccccc3)cc2)cc(-c2ccc(-c3ccccn3)cc2)nc1-c1ccc(-c2ccccn2)cc1. The van der Waals surface area contributed by atoms with Crippen molar-refractivity contribution in [3.8, 4) is 56.2 Å². The van der Waals surface area contributed by atoms with Crippen LogP contribution in [0, 0.1) is 0 Å². The summed E-state index contributed by atoms with van der Waals surface area (Å²) >= 11 is 0. The quantitative estimate of drug-likeness (QED) is 0.159. The van der Waals surface area contributed by atoms with Gasteiger partial charge in [0.05, 0.1) is 28.3 Å². The van der Waals surface area contributed by atoms with Crippen molar-refractivity contribution in [1.29, 1.82) is 0 Å². The summed E-state index contributed by atoms with van der Waals surface area (Å²) in [5.41, 5.74) is 6.84. The molecular weight excluding hydrogens is 666 g/mol. The molecule has 0 amide bonds. The van der Waals surface area contributed by atoms with E-state index < -0.39 is 11.7 Å². The predicted molar refractivity (Wildman–Crippen MR) is 207 cm³/mol. The second kappa shape index (κ2) is 14.4. The van der Waals surface area contributed by atoms with E-state index >= 15 is 13.2 Å². The summed E-state index contributed by atoms with van der Waals surface area (Å²) in [6, 6.07) is 54.2. The van der Waals surface area contributed by atoms with Crippen molar-refractivity contribution in [2.24, 2.45) is 0 Å². The Kier molecular flexibility index (Phi) is 9.05. The molecule has 0 radical (unpaired) electrons. The molecule has 0 fully saturated rings. The van der Waals surface area contributed by atoms with Gasteiger partial charge in [0.15, 0.2) is 0 Å². The Balaban J connectivity index is 1.28. The van der Waals surface area contributed by atoms with Gasteiger partial charge in [-0.05, 0) is 77.9 Å². The molecule has 0 aliphatic carbocycles. The molecule has 3 aromatic heterocycles. The van der Waals surface area contributed by atoms with Crippen LogP contribution in [-0.4, -0.2) is 15.0 Å². The molecular formula is C46H31F3N4. The number of pyridine rings is 3. The minimum atomic E-state index is -4.71. The lowest BCUT2D eigenvalue weighted by Gasteiger charge is -2.26. The van der Waals surface area contributed by atoms with E-state index in [0.717, 1.165) is 39.6 Å². The Morgan fingerprint density at radius 2 is 0.811 bits per heavy atom. The first kappa shape index (κ1) is 33.3. The van der Waals surface area contributed by atoms with Crippen LogP contribution in [0.5, 0.6) is 0 Å². The van der Waals surface area contributed by atoms with Crippen LogP contribution >= 0.6 is 0 Å². The van der Waals surface area contributed by atoms with Crippen molar-refractivity contribution in [3.63, 3.8) is 0 Å². The van der Waals surface area contributed by atoms with Gasteiger partial charge < -0.3 is 4.90 Å². The standard InChI is InChI=1S/C46H31F3N4/c47-46(48,49)44-40(32-25-27-39(28-26-32)53(37-11-3-1-4-12-37)38-13-5-2-6-14-38)31-43(35-19-17-33(18-20-35)41-15-7-9-29-50-41)52-45(44)36-23-21-34(22-24-36)42-16-8-10-30-51-42/h1-31H. The van der Waals surface area contributed by atoms with E-state index in [9.17, 15) is 0 Å². The third-order valence-electron chi connectivity index (χ3n) is 9.03. The van der Waals surface area contributed by atoms with Crippen LogP contribution in [0.4, 0.5) is 30.2 Å². The zero-order valence-electron chi connectivity index (χ0n) is 28.3. The number of aromatic nitrogens is 3. The molecule has 8 aromatic rings. The number of benzene rings is 5. The maximum Gasteiger partial charge on any atom is 0.419 e. The Morgan fingerprint density at radius 1 is 0.396 bits per heavy atom. The number of anilines is 3. The van der Waals surface area contributed by atoms with Crippen LogP contribution in [-0.2, 0) is 6.18 Å². The predicted octanol–water partition coefficient (Wildman–Crippen LogP) is 12.7. The summed E-state index contributed by atoms with van der Waals surface area (Å²) in [5, 5.41) is 0. The Morgan fingerprint density at radius 3 is 1.26 bits per heavy atom. The number of halogens is 3. The largest absolute Gasteiger partial charge is 0.419 e. The molecule has 8 rings (SSSR count). The number of rotatable bonds is 8. The van der Waals surface area contributed by atoms with Gasteiger partial charge in [-0.15, -0.1) is 0 Å². The molecule has 256 valence electrons. The van der Waals surface area contributed by atoms with Crippen LogP contribution < -0.4 is 4.90 Å². The molecule has 0 aliphatic heterocycles. The minimum absolute atomic E-state index is 0.0395. The molecule has 0 unspecified atom stereocenters. The summed E-state index contributed by atoms with van der Waals surface area (Å²) in [6.07, 6.45) is -1.30. The van der Waals surface area contributed by atoms with E-state index in [1.807, 2.05) is 133 Å². The summed E-state index contributed by atoms with van der Waals surface area (Å²) in [4.78, 5) is 15.6. The Bertz CT molecular complexity index is 2400. The second-order valence-corrected chi connectivity index (χ2v) is 12.4. The van der Waals surface area contributed by atoms with E-state index in [1.54, 1.807) is 54.9 Å². The average Bonchev–Trinajstić information content (AvgIpc) is 3.22. The van der Waals surface area contributed by atoms with Gasteiger partial charge in [-0.25, -0.2) is 4.98 Å². The lowest BCUT2D eigenvalue weighted by Crippen LogP contribution is -2.12. The molecule has 53 heavy (non-hydrogen) atoms. The number of hydrogen-bond donors (Lipinski definition) is 0. The molecule has 3 heterocycles. The average molecular weight is 697 g/mol. The summed E-state index contributed by atoms with van der Waals surface area (Å²) < 4.78 is 46.2. The van der Waals surface area contributed by atoms with Crippen LogP contribution in [0.15, 0.2) is 188 Å². The molecule has 5 aromatic carbocycles. The first-order chi connectivity index (χ1) is 25.9. The van der Waals surface area contributed by atoms with Crippen molar-refractivity contribution < 1.29 is 13.2 Å². The van der Waals surface area contributed by atoms with E-state index in [2.05, 4.69) is 14.9 Å². The van der Waals surface area contributed by atoms with E-state index in [4.69, 9.17) is 4.98 Å². The van der Waals surface area contributed by atoms with Crippen molar-refractivity contribution in [2.45, 2.75) is 6.18 Å². The maximum absolute atomic E-state index is 15.4. The van der Waals surface area contributed by atoms with Gasteiger partial charge in [-0.2, -0.15) is 13.2 Å². The molecule has 0 saturated carbocycles. The number of alkyl halides is 3. The molecule has 0 spiro atoms. The summed E-state index contributed by atoms with van der Waals surface area (Å²) in [5.74, 6) is 0. The fraction of sp³-hybridized carbons (Fsp3) is 0.0217. The minimum Gasteiger partial charge on any atom is -0.311 e. The highest BCUT2D eigenvalue weighted by Gasteiger charge is 2.38. The Labute approximate surface area is 305 Å². The molecule has 0 N–H and O–H groups in total. The highest BCUT2D eigenvalue weighted by atomic mass is 19.4. The van der Waals surface area contributed by atoms with Crippen LogP contribution in [0.2, 0.25) is 0 Å². The van der Waals surface area contributed by atoms with Gasteiger partial charge in [0, 0.05) is 51.7 Å². The van der Waals surface area contributed by atoms with Crippen molar-refractivity contribution >= 4 is 17.1 Å². The van der Waals surface area contributed by atoms with Gasteiger partial charge in [-0.3, -0.25) is 9.97 Å². The number of hydrogen-bond acceptors (Lipinski definition) is 4. The van der Waals surface area contributed by atoms with Gasteiger partial charge in [0.25, 0.3) is 0 Å². The first-order valence-electron chi connectivity index (χ1n) is 17.1.